The first kappa shape index (κ1) is 18.9. The summed E-state index contributed by atoms with van der Waals surface area (Å²) in [5, 5.41) is 3.15. The zero-order valence-electron chi connectivity index (χ0n) is 16.6. The molecule has 3 aromatic rings. The molecule has 0 spiro atoms. The minimum Gasteiger partial charge on any atom is -0.493 e. The Morgan fingerprint density at radius 1 is 0.897 bits per heavy atom. The van der Waals surface area contributed by atoms with Crippen molar-refractivity contribution >= 4 is 5.91 Å². The molecule has 1 aliphatic rings. The van der Waals surface area contributed by atoms with Gasteiger partial charge in [-0.3, -0.25) is 4.79 Å². The van der Waals surface area contributed by atoms with Crippen LogP contribution in [0.3, 0.4) is 0 Å². The van der Waals surface area contributed by atoms with Gasteiger partial charge in [-0.25, -0.2) is 0 Å². The van der Waals surface area contributed by atoms with Crippen LogP contribution in [0.5, 0.6) is 23.0 Å². The van der Waals surface area contributed by atoms with Gasteiger partial charge in [0.2, 0.25) is 5.91 Å². The Hall–Kier alpha value is -3.47. The van der Waals surface area contributed by atoms with Gasteiger partial charge < -0.3 is 19.5 Å². The van der Waals surface area contributed by atoms with Crippen LogP contribution in [0.15, 0.2) is 66.7 Å². The molecule has 1 amide bonds. The lowest BCUT2D eigenvalue weighted by molar-refractivity contribution is -0.122. The molecule has 0 aromatic heterocycles. The number of rotatable bonds is 5. The third-order valence-corrected chi connectivity index (χ3v) is 5.21. The van der Waals surface area contributed by atoms with Crippen molar-refractivity contribution in [3.05, 3.63) is 83.4 Å². The highest BCUT2D eigenvalue weighted by molar-refractivity contribution is 5.90. The summed E-state index contributed by atoms with van der Waals surface area (Å²) in [7, 11) is 3.20. The molecule has 0 fully saturated rings. The lowest BCUT2D eigenvalue weighted by atomic mass is 9.87. The second kappa shape index (κ2) is 7.87. The van der Waals surface area contributed by atoms with E-state index >= 15 is 0 Å². The highest BCUT2D eigenvalue weighted by atomic mass is 16.5. The molecule has 0 unspecified atom stereocenters. The molecule has 5 heteroatoms. The minimum atomic E-state index is -0.432. The lowest BCUT2D eigenvalue weighted by Gasteiger charge is -2.28. The van der Waals surface area contributed by atoms with Gasteiger partial charge in [0, 0.05) is 11.1 Å². The molecule has 148 valence electrons. The molecule has 0 aliphatic carbocycles. The van der Waals surface area contributed by atoms with E-state index in [4.69, 9.17) is 14.2 Å². The SMILES string of the molecule is COc1ccc([C@H](C)NC(=O)C2c3ccccc3Oc3ccccc32)cc1OC. The zero-order valence-corrected chi connectivity index (χ0v) is 16.6. The van der Waals surface area contributed by atoms with Crippen molar-refractivity contribution in [1.82, 2.24) is 5.32 Å². The number of carbonyl (C=O) groups is 1. The summed E-state index contributed by atoms with van der Waals surface area (Å²) in [5.41, 5.74) is 2.66. The van der Waals surface area contributed by atoms with E-state index in [2.05, 4.69) is 5.32 Å². The molecular weight excluding hydrogens is 366 g/mol. The van der Waals surface area contributed by atoms with E-state index in [9.17, 15) is 4.79 Å². The Labute approximate surface area is 170 Å². The molecule has 0 saturated heterocycles. The maximum Gasteiger partial charge on any atom is 0.232 e. The van der Waals surface area contributed by atoms with Gasteiger partial charge in [0.15, 0.2) is 11.5 Å². The average molecular weight is 389 g/mol. The van der Waals surface area contributed by atoms with Crippen molar-refractivity contribution in [3.63, 3.8) is 0 Å². The highest BCUT2D eigenvalue weighted by Crippen LogP contribution is 2.44. The van der Waals surface area contributed by atoms with Crippen molar-refractivity contribution in [2.24, 2.45) is 0 Å². The fourth-order valence-corrected chi connectivity index (χ4v) is 3.69. The molecule has 3 aromatic carbocycles. The van der Waals surface area contributed by atoms with Gasteiger partial charge in [0.05, 0.1) is 26.2 Å². The maximum atomic E-state index is 13.4. The normalized spacial score (nSPS) is 13.5. The number of nitrogens with one attached hydrogen (secondary N) is 1. The van der Waals surface area contributed by atoms with Crippen LogP contribution >= 0.6 is 0 Å². The number of benzene rings is 3. The highest BCUT2D eigenvalue weighted by Gasteiger charge is 2.33. The molecule has 1 heterocycles. The van der Waals surface area contributed by atoms with Crippen LogP contribution in [0.1, 0.15) is 35.6 Å². The first-order chi connectivity index (χ1) is 14.1. The number of hydrogen-bond acceptors (Lipinski definition) is 4. The number of methoxy groups -OCH3 is 2. The van der Waals surface area contributed by atoms with Gasteiger partial charge in [-0.2, -0.15) is 0 Å². The molecule has 29 heavy (non-hydrogen) atoms. The largest absolute Gasteiger partial charge is 0.493 e. The van der Waals surface area contributed by atoms with Crippen molar-refractivity contribution in [2.75, 3.05) is 14.2 Å². The van der Waals surface area contributed by atoms with Crippen LogP contribution in [0.4, 0.5) is 0 Å². The third kappa shape index (κ3) is 3.51. The molecule has 0 saturated carbocycles. The Kier molecular flexibility index (Phi) is 5.12. The quantitative estimate of drug-likeness (QED) is 0.680. The number of carbonyl (C=O) groups excluding carboxylic acids is 1. The van der Waals surface area contributed by atoms with Gasteiger partial charge in [0.25, 0.3) is 0 Å². The van der Waals surface area contributed by atoms with Crippen molar-refractivity contribution < 1.29 is 19.0 Å². The monoisotopic (exact) mass is 389 g/mol. The zero-order chi connectivity index (χ0) is 20.4. The molecule has 5 nitrogen and oxygen atoms in total. The number of ether oxygens (including phenoxy) is 3. The first-order valence-corrected chi connectivity index (χ1v) is 9.50. The molecule has 1 N–H and O–H groups in total. The average Bonchev–Trinajstić information content (AvgIpc) is 2.76. The molecular formula is C24H23NO4. The summed E-state index contributed by atoms with van der Waals surface area (Å²) >= 11 is 0. The lowest BCUT2D eigenvalue weighted by Crippen LogP contribution is -2.33. The number of para-hydroxylation sites is 2. The van der Waals surface area contributed by atoms with Crippen LogP contribution in [0.2, 0.25) is 0 Å². The van der Waals surface area contributed by atoms with Gasteiger partial charge in [0.1, 0.15) is 11.5 Å². The van der Waals surface area contributed by atoms with Crippen molar-refractivity contribution in [3.8, 4) is 23.0 Å². The van der Waals surface area contributed by atoms with Crippen LogP contribution < -0.4 is 19.5 Å². The van der Waals surface area contributed by atoms with Gasteiger partial charge >= 0.3 is 0 Å². The van der Waals surface area contributed by atoms with Crippen LogP contribution in [0.25, 0.3) is 0 Å². The van der Waals surface area contributed by atoms with Crippen LogP contribution in [-0.4, -0.2) is 20.1 Å². The molecule has 0 bridgehead atoms. The second-order valence-electron chi connectivity index (χ2n) is 6.96. The van der Waals surface area contributed by atoms with E-state index in [1.54, 1.807) is 14.2 Å². The van der Waals surface area contributed by atoms with E-state index in [1.807, 2.05) is 73.7 Å². The van der Waals surface area contributed by atoms with Gasteiger partial charge in [-0.1, -0.05) is 42.5 Å². The molecule has 0 radical (unpaired) electrons. The number of fused-ring (bicyclic) bond motifs is 2. The van der Waals surface area contributed by atoms with E-state index in [0.29, 0.717) is 23.0 Å². The summed E-state index contributed by atoms with van der Waals surface area (Å²) in [4.78, 5) is 13.4. The van der Waals surface area contributed by atoms with Gasteiger partial charge in [-0.15, -0.1) is 0 Å². The van der Waals surface area contributed by atoms with Crippen molar-refractivity contribution in [1.29, 1.82) is 0 Å². The van der Waals surface area contributed by atoms with Gasteiger partial charge in [-0.05, 0) is 36.8 Å². The predicted octanol–water partition coefficient (Wildman–Crippen LogP) is 4.82. The standard InChI is InChI=1S/C24H23NO4/c1-15(16-12-13-21(27-2)22(14-16)28-3)25-24(26)23-17-8-4-6-10-19(17)29-20-11-7-5-9-18(20)23/h4-15,23H,1-3H3,(H,25,26)/t15-/m0/s1. The smallest absolute Gasteiger partial charge is 0.232 e. The van der Waals surface area contributed by atoms with E-state index in [1.165, 1.54) is 0 Å². The molecule has 1 aliphatic heterocycles. The Bertz CT molecular complexity index is 1000. The predicted molar refractivity (Wildman–Crippen MR) is 111 cm³/mol. The topological polar surface area (TPSA) is 56.8 Å². The summed E-state index contributed by atoms with van der Waals surface area (Å²) in [5.74, 6) is 2.21. The summed E-state index contributed by atoms with van der Waals surface area (Å²) in [6.45, 7) is 1.95. The fourth-order valence-electron chi connectivity index (χ4n) is 3.69. The summed E-state index contributed by atoms with van der Waals surface area (Å²) in [6.07, 6.45) is 0. The van der Waals surface area contributed by atoms with E-state index in [0.717, 1.165) is 16.7 Å². The molecule has 4 rings (SSSR count). The van der Waals surface area contributed by atoms with E-state index < -0.39 is 5.92 Å². The maximum absolute atomic E-state index is 13.4. The third-order valence-electron chi connectivity index (χ3n) is 5.21. The van der Waals surface area contributed by atoms with Crippen molar-refractivity contribution in [2.45, 2.75) is 18.9 Å². The van der Waals surface area contributed by atoms with Crippen LogP contribution in [0, 0.1) is 0 Å². The Morgan fingerprint density at radius 2 is 1.48 bits per heavy atom. The Morgan fingerprint density at radius 3 is 2.07 bits per heavy atom. The van der Waals surface area contributed by atoms with E-state index in [-0.39, 0.29) is 11.9 Å². The second-order valence-corrected chi connectivity index (χ2v) is 6.96. The summed E-state index contributed by atoms with van der Waals surface area (Å²) < 4.78 is 16.7. The number of hydrogen-bond donors (Lipinski definition) is 1. The minimum absolute atomic E-state index is 0.0736. The fraction of sp³-hybridized carbons (Fsp3) is 0.208. The van der Waals surface area contributed by atoms with Crippen LogP contribution in [-0.2, 0) is 4.79 Å². The molecule has 1 atom stereocenters. The Balaban J connectivity index is 1.64. The number of amides is 1. The summed E-state index contributed by atoms with van der Waals surface area (Å²) in [6, 6.07) is 20.8. The first-order valence-electron chi connectivity index (χ1n) is 9.50.